The lowest BCUT2D eigenvalue weighted by Crippen LogP contribution is -2.44. The topological polar surface area (TPSA) is 102 Å². The smallest absolute Gasteiger partial charge is 0.305 e. The Labute approximate surface area is 137 Å². The van der Waals surface area contributed by atoms with Crippen LogP contribution in [0.15, 0.2) is 0 Å². The molecule has 1 atom stereocenters. The van der Waals surface area contributed by atoms with Gasteiger partial charge >= 0.3 is 5.97 Å². The largest absolute Gasteiger partial charge is 0.481 e. The Hall–Kier alpha value is -1.67. The van der Waals surface area contributed by atoms with E-state index >= 15 is 0 Å². The SMILES string of the molecule is CN(C)[13CH2][13CH]1[13CH2][13CH2][13CH2][15N]1CC(=O)[15NH]CCC(=O)NC[13CH2][13C](=O)O. The van der Waals surface area contributed by atoms with Crippen molar-refractivity contribution in [3.05, 3.63) is 0 Å². The van der Waals surface area contributed by atoms with Crippen molar-refractivity contribution < 1.29 is 19.5 Å². The van der Waals surface area contributed by atoms with E-state index in [-0.39, 0.29) is 37.7 Å². The van der Waals surface area contributed by atoms with Crippen LogP contribution in [0.25, 0.3) is 0 Å². The molecular weight excluding hydrogens is 309 g/mol. The zero-order valence-corrected chi connectivity index (χ0v) is 14.0. The van der Waals surface area contributed by atoms with Crippen LogP contribution >= 0.6 is 0 Å². The minimum atomic E-state index is -0.948. The molecule has 1 saturated heterocycles. The Balaban J connectivity index is 2.16. The summed E-state index contributed by atoms with van der Waals surface area (Å²) in [6.07, 6.45) is 2.28. The average molecular weight is 337 g/mol. The maximum absolute atomic E-state index is 11.9. The zero-order chi connectivity index (χ0) is 17.2. The molecule has 8 heteroatoms. The van der Waals surface area contributed by atoms with E-state index in [1.807, 2.05) is 14.1 Å². The second-order valence-electron chi connectivity index (χ2n) is 6.12. The summed E-state index contributed by atoms with van der Waals surface area (Å²) in [5, 5.41) is 13.7. The van der Waals surface area contributed by atoms with Crippen LogP contribution < -0.4 is 10.6 Å². The van der Waals surface area contributed by atoms with Crippen molar-refractivity contribution in [1.82, 2.24) is 20.4 Å². The van der Waals surface area contributed by atoms with Gasteiger partial charge in [-0.1, -0.05) is 0 Å². The summed E-state index contributed by atoms with van der Waals surface area (Å²) >= 11 is 0. The predicted octanol–water partition coefficient (Wildman–Crippen LogP) is -0.890. The number of amides is 2. The number of likely N-dealkylation sites (tertiary alicyclic amines) is 1. The van der Waals surface area contributed by atoms with E-state index in [4.69, 9.17) is 5.11 Å². The van der Waals surface area contributed by atoms with E-state index in [2.05, 4.69) is 20.4 Å². The van der Waals surface area contributed by atoms with Gasteiger partial charge in [0, 0.05) is 32.1 Å². The van der Waals surface area contributed by atoms with Crippen LogP contribution in [-0.4, -0.2) is 85.6 Å². The van der Waals surface area contributed by atoms with Gasteiger partial charge in [0.15, 0.2) is 0 Å². The normalized spacial score (nSPS) is 18.1. The zero-order valence-electron chi connectivity index (χ0n) is 14.0. The molecule has 23 heavy (non-hydrogen) atoms. The van der Waals surface area contributed by atoms with Gasteiger partial charge in [-0.3, -0.25) is 19.3 Å². The summed E-state index contributed by atoms with van der Waals surface area (Å²) in [5.74, 6) is -1.27. The van der Waals surface area contributed by atoms with E-state index in [1.54, 1.807) is 0 Å². The highest BCUT2D eigenvalue weighted by atomic mass is 16.5. The number of aliphatic carboxylic acids is 1. The van der Waals surface area contributed by atoms with Crippen molar-refractivity contribution in [2.45, 2.75) is 31.7 Å². The Morgan fingerprint density at radius 1 is 1.13 bits per heavy atom. The van der Waals surface area contributed by atoms with Crippen LogP contribution in [0.3, 0.4) is 0 Å². The summed E-state index contributed by atoms with van der Waals surface area (Å²) in [4.78, 5) is 38.0. The Morgan fingerprint density at radius 3 is 2.43 bits per heavy atom. The van der Waals surface area contributed by atoms with Gasteiger partial charge in [0.05, 0.1) is 13.0 Å². The summed E-state index contributed by atoms with van der Waals surface area (Å²) in [6.45, 7) is 2.62. The summed E-state index contributed by atoms with van der Waals surface area (Å²) in [7, 11) is 4.05. The number of hydrogen-bond acceptors (Lipinski definition) is 5. The summed E-state index contributed by atoms with van der Waals surface area (Å²) in [5.41, 5.74) is 0. The lowest BCUT2D eigenvalue weighted by Gasteiger charge is -2.26. The third-order valence-corrected chi connectivity index (χ3v) is 3.76. The van der Waals surface area contributed by atoms with Gasteiger partial charge in [0.2, 0.25) is 11.8 Å². The van der Waals surface area contributed by atoms with Gasteiger partial charge < -0.3 is 20.6 Å². The molecule has 0 aromatic rings. The number of carboxylic acids is 1. The first kappa shape index (κ1) is 19.4. The standard InChI is InChI=1S/C15H28N4O4/c1-18(2)10-12-4-3-9-19(12)11-14(21)17-7-5-13(20)16-8-6-15(22)23/h12H,3-11H2,1-2H3,(H,16,20)(H,17,21)(H,22,23)/i3+1,4+1,6+1,9+1,10+1,12+1,15+1,17+1,19+1. The van der Waals surface area contributed by atoms with Crippen molar-refractivity contribution in [2.75, 3.05) is 46.8 Å². The molecule has 1 aliphatic rings. The van der Waals surface area contributed by atoms with E-state index in [1.165, 1.54) is 0 Å². The minimum Gasteiger partial charge on any atom is -0.481 e. The molecule has 0 aliphatic carbocycles. The Morgan fingerprint density at radius 2 is 1.78 bits per heavy atom. The highest BCUT2D eigenvalue weighted by Crippen LogP contribution is 2.16. The van der Waals surface area contributed by atoms with Gasteiger partial charge in [-0.05, 0) is 33.5 Å². The van der Waals surface area contributed by atoms with Crippen LogP contribution in [0.5, 0.6) is 0 Å². The third-order valence-electron chi connectivity index (χ3n) is 3.76. The van der Waals surface area contributed by atoms with Crippen molar-refractivity contribution >= 4 is 17.8 Å². The van der Waals surface area contributed by atoms with Crippen LogP contribution in [-0.2, 0) is 14.4 Å². The van der Waals surface area contributed by atoms with Crippen LogP contribution in [0.1, 0.15) is 25.7 Å². The summed E-state index contributed by atoms with van der Waals surface area (Å²) < 4.78 is 0. The molecule has 0 aromatic heterocycles. The lowest BCUT2D eigenvalue weighted by molar-refractivity contribution is -0.137. The van der Waals surface area contributed by atoms with E-state index < -0.39 is 5.97 Å². The minimum absolute atomic E-state index is 0.0750. The first-order chi connectivity index (χ1) is 10.9. The molecular formula is C15H28N4O4. The van der Waals surface area contributed by atoms with Gasteiger partial charge in [0.25, 0.3) is 0 Å². The molecule has 0 saturated carbocycles. The van der Waals surface area contributed by atoms with Gasteiger partial charge in [-0.25, -0.2) is 0 Å². The molecule has 0 aromatic carbocycles. The molecule has 8 nitrogen and oxygen atoms in total. The molecule has 3 N–H and O–H groups in total. The van der Waals surface area contributed by atoms with Crippen molar-refractivity contribution in [2.24, 2.45) is 0 Å². The molecule has 2 amide bonds. The fourth-order valence-corrected chi connectivity index (χ4v) is 2.68. The number of rotatable bonds is 10. The number of hydrogen-bond donors (Lipinski definition) is 3. The number of likely N-dealkylation sites (N-methyl/N-ethyl adjacent to an activating group) is 1. The molecule has 1 heterocycles. The molecule has 1 fully saturated rings. The number of carboxylic acid groups (broad SMARTS) is 1. The second-order valence-corrected chi connectivity index (χ2v) is 6.12. The molecule has 1 aliphatic heterocycles. The van der Waals surface area contributed by atoms with Crippen LogP contribution in [0, 0.1) is 0 Å². The molecule has 132 valence electrons. The molecule has 1 rings (SSSR count). The highest BCUT2D eigenvalue weighted by molar-refractivity contribution is 5.80. The second kappa shape index (κ2) is 10.2. The van der Waals surface area contributed by atoms with Crippen LogP contribution in [0.2, 0.25) is 0 Å². The van der Waals surface area contributed by atoms with Crippen molar-refractivity contribution in [3.8, 4) is 0 Å². The number of nitrogens with one attached hydrogen (secondary N) is 2. The molecule has 1 unspecified atom stereocenters. The average Bonchev–Trinajstić information content (AvgIpc) is 2.84. The molecule has 0 spiro atoms. The fraction of sp³-hybridized carbons (Fsp3) is 0.800. The summed E-state index contributed by atoms with van der Waals surface area (Å²) in [6, 6.07) is 0.412. The monoisotopic (exact) mass is 337 g/mol. The maximum atomic E-state index is 11.9. The van der Waals surface area contributed by atoms with E-state index in [0.29, 0.717) is 12.6 Å². The van der Waals surface area contributed by atoms with E-state index in [9.17, 15) is 14.4 Å². The van der Waals surface area contributed by atoms with Gasteiger partial charge in [-0.15, -0.1) is 0 Å². The fourth-order valence-electron chi connectivity index (χ4n) is 2.68. The lowest BCUT2D eigenvalue weighted by atomic mass is 10.4. The molecule has 0 radical (unpaired) electrons. The van der Waals surface area contributed by atoms with Crippen molar-refractivity contribution in [3.63, 3.8) is 0 Å². The molecule has 0 bridgehead atoms. The predicted molar refractivity (Wildman–Crippen MR) is 86.0 cm³/mol. The first-order valence-corrected chi connectivity index (χ1v) is 8.02. The Kier molecular flexibility index (Phi) is 8.57. The van der Waals surface area contributed by atoms with Crippen LogP contribution in [0.4, 0.5) is 0 Å². The third kappa shape index (κ3) is 8.51. The highest BCUT2D eigenvalue weighted by Gasteiger charge is 2.26. The first-order valence-electron chi connectivity index (χ1n) is 8.02. The van der Waals surface area contributed by atoms with E-state index in [0.717, 1.165) is 25.9 Å². The van der Waals surface area contributed by atoms with Gasteiger partial charge in [-0.2, -0.15) is 0 Å². The Bertz CT molecular complexity index is 414. The number of nitrogens with zero attached hydrogens (tertiary/aromatic N) is 2. The van der Waals surface area contributed by atoms with Gasteiger partial charge in [0.1, 0.15) is 0 Å². The number of carbonyl (C=O) groups excluding carboxylic acids is 2. The quantitative estimate of drug-likeness (QED) is 0.353. The van der Waals surface area contributed by atoms with Crippen molar-refractivity contribution in [1.29, 1.82) is 0 Å². The maximum Gasteiger partial charge on any atom is 0.305 e. The number of carbonyl (C=O) groups is 3.